The molecule has 0 aliphatic rings. The number of ether oxygens (including phenoxy) is 1. The minimum atomic E-state index is -0.287. The van der Waals surface area contributed by atoms with E-state index in [1.54, 1.807) is 42.5 Å². The molecular formula is C19H20Cl2N2O2S. The van der Waals surface area contributed by atoms with Crippen LogP contribution in [0.4, 0.5) is 0 Å². The molecule has 1 amide bonds. The van der Waals surface area contributed by atoms with Crippen molar-refractivity contribution >= 4 is 46.4 Å². The van der Waals surface area contributed by atoms with Crippen molar-refractivity contribution in [3.63, 3.8) is 0 Å². The van der Waals surface area contributed by atoms with Gasteiger partial charge in [-0.1, -0.05) is 42.6 Å². The highest BCUT2D eigenvalue weighted by atomic mass is 35.5. The smallest absolute Gasteiger partial charge is 0.257 e. The lowest BCUT2D eigenvalue weighted by Gasteiger charge is -2.11. The fraction of sp³-hybridized carbons (Fsp3) is 0.263. The summed E-state index contributed by atoms with van der Waals surface area (Å²) in [5.74, 6) is 0.456. The molecule has 0 heterocycles. The van der Waals surface area contributed by atoms with Crippen LogP contribution in [-0.4, -0.2) is 17.6 Å². The number of amides is 1. The number of hydrogen-bond donors (Lipinski definition) is 2. The van der Waals surface area contributed by atoms with E-state index in [0.29, 0.717) is 28.8 Å². The summed E-state index contributed by atoms with van der Waals surface area (Å²) in [5.41, 5.74) is 1.34. The van der Waals surface area contributed by atoms with Gasteiger partial charge in [0.15, 0.2) is 5.11 Å². The topological polar surface area (TPSA) is 50.4 Å². The van der Waals surface area contributed by atoms with Crippen LogP contribution in [0.1, 0.15) is 35.7 Å². The van der Waals surface area contributed by atoms with Crippen molar-refractivity contribution in [2.75, 3.05) is 6.61 Å². The second-order valence-electron chi connectivity index (χ2n) is 5.60. The number of rotatable bonds is 7. The van der Waals surface area contributed by atoms with Gasteiger partial charge < -0.3 is 10.1 Å². The van der Waals surface area contributed by atoms with Gasteiger partial charge in [0, 0.05) is 22.2 Å². The molecule has 0 unspecified atom stereocenters. The number of nitrogens with one attached hydrogen (secondary N) is 2. The number of carbonyl (C=O) groups is 1. The van der Waals surface area contributed by atoms with E-state index in [1.165, 1.54) is 0 Å². The minimum Gasteiger partial charge on any atom is -0.494 e. The lowest BCUT2D eigenvalue weighted by molar-refractivity contribution is 0.0976. The monoisotopic (exact) mass is 410 g/mol. The van der Waals surface area contributed by atoms with Crippen molar-refractivity contribution in [2.45, 2.75) is 26.3 Å². The van der Waals surface area contributed by atoms with Crippen LogP contribution in [0.3, 0.4) is 0 Å². The summed E-state index contributed by atoms with van der Waals surface area (Å²) in [6, 6.07) is 12.2. The molecule has 0 aliphatic heterocycles. The first-order valence-electron chi connectivity index (χ1n) is 8.25. The third-order valence-electron chi connectivity index (χ3n) is 3.56. The molecule has 0 bridgehead atoms. The van der Waals surface area contributed by atoms with E-state index in [1.807, 2.05) is 0 Å². The predicted octanol–water partition coefficient (Wildman–Crippen LogP) is 4.98. The van der Waals surface area contributed by atoms with Crippen LogP contribution < -0.4 is 15.4 Å². The molecule has 0 saturated heterocycles. The number of halogens is 2. The number of benzene rings is 2. The van der Waals surface area contributed by atoms with E-state index < -0.39 is 0 Å². The highest BCUT2D eigenvalue weighted by Gasteiger charge is 2.09. The molecule has 2 N–H and O–H groups in total. The van der Waals surface area contributed by atoms with Crippen molar-refractivity contribution in [2.24, 2.45) is 0 Å². The van der Waals surface area contributed by atoms with Gasteiger partial charge in [-0.25, -0.2) is 0 Å². The fourth-order valence-electron chi connectivity index (χ4n) is 2.10. The van der Waals surface area contributed by atoms with Crippen molar-refractivity contribution in [3.05, 3.63) is 63.6 Å². The molecular weight excluding hydrogens is 391 g/mol. The van der Waals surface area contributed by atoms with Crippen molar-refractivity contribution in [3.8, 4) is 5.75 Å². The summed E-state index contributed by atoms with van der Waals surface area (Å²) in [5, 5.41) is 6.93. The lowest BCUT2D eigenvalue weighted by Crippen LogP contribution is -2.38. The van der Waals surface area contributed by atoms with Crippen molar-refractivity contribution in [1.82, 2.24) is 10.6 Å². The quantitative estimate of drug-likeness (QED) is 0.499. The van der Waals surface area contributed by atoms with E-state index in [4.69, 9.17) is 40.2 Å². The lowest BCUT2D eigenvalue weighted by atomic mass is 10.2. The van der Waals surface area contributed by atoms with Crippen LogP contribution in [0.15, 0.2) is 42.5 Å². The number of hydrogen-bond acceptors (Lipinski definition) is 3. The van der Waals surface area contributed by atoms with Crippen LogP contribution in [0.5, 0.6) is 5.75 Å². The normalized spacial score (nSPS) is 10.3. The molecule has 2 aromatic rings. The number of unbranched alkanes of at least 4 members (excludes halogenated alkanes) is 1. The Kier molecular flexibility index (Phi) is 8.16. The summed E-state index contributed by atoms with van der Waals surface area (Å²) >= 11 is 17.1. The molecule has 0 spiro atoms. The van der Waals surface area contributed by atoms with E-state index in [2.05, 4.69) is 17.6 Å². The summed E-state index contributed by atoms with van der Waals surface area (Å²) in [4.78, 5) is 12.2. The van der Waals surface area contributed by atoms with Gasteiger partial charge in [-0.05, 0) is 60.6 Å². The van der Waals surface area contributed by atoms with Gasteiger partial charge in [0.25, 0.3) is 5.91 Å². The minimum absolute atomic E-state index is 0.226. The zero-order valence-electron chi connectivity index (χ0n) is 14.4. The van der Waals surface area contributed by atoms with Crippen LogP contribution in [0, 0.1) is 0 Å². The summed E-state index contributed by atoms with van der Waals surface area (Å²) in [7, 11) is 0. The second-order valence-corrected chi connectivity index (χ2v) is 6.85. The first-order chi connectivity index (χ1) is 12.5. The Labute approximate surface area is 168 Å². The highest BCUT2D eigenvalue weighted by Crippen LogP contribution is 2.20. The zero-order valence-corrected chi connectivity index (χ0v) is 16.7. The fourth-order valence-corrected chi connectivity index (χ4v) is 2.74. The van der Waals surface area contributed by atoms with E-state index in [0.717, 1.165) is 24.2 Å². The SMILES string of the molecule is CCCCOc1ccc(C(=O)NC(=S)NCc2ccc(Cl)cc2Cl)cc1. The van der Waals surface area contributed by atoms with Gasteiger partial charge in [-0.15, -0.1) is 0 Å². The molecule has 4 nitrogen and oxygen atoms in total. The number of thiocarbonyl (C=S) groups is 1. The first kappa shape index (κ1) is 20.5. The Balaban J connectivity index is 1.83. The summed E-state index contributed by atoms with van der Waals surface area (Å²) in [6.45, 7) is 3.16. The average molecular weight is 411 g/mol. The first-order valence-corrected chi connectivity index (χ1v) is 9.42. The van der Waals surface area contributed by atoms with Gasteiger partial charge in [0.1, 0.15) is 5.75 Å². The largest absolute Gasteiger partial charge is 0.494 e. The Morgan fingerprint density at radius 2 is 1.88 bits per heavy atom. The second kappa shape index (κ2) is 10.4. The van der Waals surface area contributed by atoms with Crippen molar-refractivity contribution in [1.29, 1.82) is 0 Å². The molecule has 26 heavy (non-hydrogen) atoms. The van der Waals surface area contributed by atoms with Gasteiger partial charge in [-0.3, -0.25) is 10.1 Å². The Morgan fingerprint density at radius 3 is 2.54 bits per heavy atom. The van der Waals surface area contributed by atoms with Crippen LogP contribution in [0.25, 0.3) is 0 Å². The maximum atomic E-state index is 12.2. The highest BCUT2D eigenvalue weighted by molar-refractivity contribution is 7.80. The molecule has 2 aromatic carbocycles. The molecule has 2 rings (SSSR count). The van der Waals surface area contributed by atoms with Gasteiger partial charge >= 0.3 is 0 Å². The molecule has 138 valence electrons. The third kappa shape index (κ3) is 6.48. The summed E-state index contributed by atoms with van der Waals surface area (Å²) < 4.78 is 5.58. The predicted molar refractivity (Wildman–Crippen MR) is 110 cm³/mol. The zero-order chi connectivity index (χ0) is 18.9. The number of carbonyl (C=O) groups excluding carboxylic acids is 1. The molecule has 0 radical (unpaired) electrons. The Hall–Kier alpha value is -1.82. The van der Waals surface area contributed by atoms with E-state index in [9.17, 15) is 4.79 Å². The molecule has 0 saturated carbocycles. The maximum absolute atomic E-state index is 12.2. The van der Waals surface area contributed by atoms with Gasteiger partial charge in [0.2, 0.25) is 0 Å². The maximum Gasteiger partial charge on any atom is 0.257 e. The van der Waals surface area contributed by atoms with Gasteiger partial charge in [-0.2, -0.15) is 0 Å². The van der Waals surface area contributed by atoms with Crippen LogP contribution in [-0.2, 0) is 6.54 Å². The molecule has 7 heteroatoms. The third-order valence-corrected chi connectivity index (χ3v) is 4.40. The Morgan fingerprint density at radius 1 is 1.15 bits per heavy atom. The molecule has 0 aliphatic carbocycles. The van der Waals surface area contributed by atoms with E-state index in [-0.39, 0.29) is 11.0 Å². The van der Waals surface area contributed by atoms with Gasteiger partial charge in [0.05, 0.1) is 6.61 Å². The van der Waals surface area contributed by atoms with Crippen LogP contribution in [0.2, 0.25) is 10.0 Å². The molecule has 0 aromatic heterocycles. The summed E-state index contributed by atoms with van der Waals surface area (Å²) in [6.07, 6.45) is 2.08. The Bertz CT molecular complexity index is 767. The van der Waals surface area contributed by atoms with Crippen molar-refractivity contribution < 1.29 is 9.53 Å². The molecule has 0 fully saturated rings. The average Bonchev–Trinajstić information content (AvgIpc) is 2.61. The standard InChI is InChI=1S/C19H20Cl2N2O2S/c1-2-3-10-25-16-8-5-13(6-9-16)18(24)23-19(26)22-12-14-4-7-15(20)11-17(14)21/h4-9,11H,2-3,10,12H2,1H3,(H2,22,23,24,26). The molecule has 0 atom stereocenters. The van der Waals surface area contributed by atoms with Crippen LogP contribution >= 0.6 is 35.4 Å². The van der Waals surface area contributed by atoms with E-state index >= 15 is 0 Å².